The largest absolute Gasteiger partial charge is 0.396 e. The molecule has 1 aliphatic carbocycles. The van der Waals surface area contributed by atoms with Crippen LogP contribution in [0.1, 0.15) is 29.5 Å². The zero-order chi connectivity index (χ0) is 20.3. The normalized spacial score (nSPS) is 24.4. The fraction of sp³-hybridized carbons (Fsp3) is 0.316. The fourth-order valence-corrected chi connectivity index (χ4v) is 3.47. The SMILES string of the molecule is N#Cc1cccc(/C=C/c2c(Cl)nc(N)nc2N[C@@]2(O)CC[C@H](CO)[C@H]2O)c1. The zero-order valence-corrected chi connectivity index (χ0v) is 15.6. The van der Waals surface area contributed by atoms with Crippen LogP contribution in [0.15, 0.2) is 24.3 Å². The first-order chi connectivity index (χ1) is 13.4. The Morgan fingerprint density at radius 3 is 2.86 bits per heavy atom. The van der Waals surface area contributed by atoms with Gasteiger partial charge in [-0.15, -0.1) is 0 Å². The van der Waals surface area contributed by atoms with Gasteiger partial charge in [-0.25, -0.2) is 4.98 Å². The molecule has 146 valence electrons. The molecule has 0 amide bonds. The highest BCUT2D eigenvalue weighted by molar-refractivity contribution is 6.31. The number of nitrogen functional groups attached to an aromatic ring is 1. The van der Waals surface area contributed by atoms with E-state index in [2.05, 4.69) is 21.4 Å². The molecule has 8 nitrogen and oxygen atoms in total. The molecule has 1 aromatic carbocycles. The van der Waals surface area contributed by atoms with Crippen molar-refractivity contribution in [3.8, 4) is 6.07 Å². The van der Waals surface area contributed by atoms with Crippen molar-refractivity contribution in [3.05, 3.63) is 46.1 Å². The van der Waals surface area contributed by atoms with Gasteiger partial charge in [0.25, 0.3) is 0 Å². The average Bonchev–Trinajstić information content (AvgIpc) is 2.95. The zero-order valence-electron chi connectivity index (χ0n) is 14.9. The third-order valence-electron chi connectivity index (χ3n) is 4.78. The number of aromatic nitrogens is 2. The van der Waals surface area contributed by atoms with E-state index in [1.807, 2.05) is 6.07 Å². The quantitative estimate of drug-likeness (QED) is 0.375. The van der Waals surface area contributed by atoms with Gasteiger partial charge in [0.2, 0.25) is 5.95 Å². The minimum Gasteiger partial charge on any atom is -0.396 e. The molecule has 0 saturated heterocycles. The molecule has 0 spiro atoms. The monoisotopic (exact) mass is 401 g/mol. The molecular weight excluding hydrogens is 382 g/mol. The molecule has 2 aromatic rings. The van der Waals surface area contributed by atoms with Crippen LogP contribution in [0.3, 0.4) is 0 Å². The van der Waals surface area contributed by atoms with Crippen molar-refractivity contribution >= 4 is 35.5 Å². The number of anilines is 2. The number of nitrogens with one attached hydrogen (secondary N) is 1. The van der Waals surface area contributed by atoms with Crippen LogP contribution < -0.4 is 11.1 Å². The Kier molecular flexibility index (Phi) is 5.82. The number of nitrogens with zero attached hydrogens (tertiary/aromatic N) is 3. The molecule has 1 fully saturated rings. The van der Waals surface area contributed by atoms with Gasteiger partial charge in [-0.3, -0.25) is 0 Å². The minimum atomic E-state index is -1.68. The summed E-state index contributed by atoms with van der Waals surface area (Å²) in [5.74, 6) is -0.379. The lowest BCUT2D eigenvalue weighted by Crippen LogP contribution is -2.48. The van der Waals surface area contributed by atoms with E-state index in [1.54, 1.807) is 30.4 Å². The van der Waals surface area contributed by atoms with E-state index in [0.717, 1.165) is 5.56 Å². The van der Waals surface area contributed by atoms with Gasteiger partial charge in [-0.2, -0.15) is 10.2 Å². The minimum absolute atomic E-state index is 0.0671. The summed E-state index contributed by atoms with van der Waals surface area (Å²) in [6.45, 7) is -0.236. The third kappa shape index (κ3) is 4.08. The molecule has 1 saturated carbocycles. The maximum atomic E-state index is 10.8. The van der Waals surface area contributed by atoms with Gasteiger partial charge in [0.05, 0.1) is 17.2 Å². The van der Waals surface area contributed by atoms with Crippen LogP contribution in [0.2, 0.25) is 5.15 Å². The van der Waals surface area contributed by atoms with E-state index in [-0.39, 0.29) is 29.9 Å². The molecule has 1 heterocycles. The highest BCUT2D eigenvalue weighted by Crippen LogP contribution is 2.37. The summed E-state index contributed by atoms with van der Waals surface area (Å²) in [6, 6.07) is 9.04. The molecule has 0 aliphatic heterocycles. The fourth-order valence-electron chi connectivity index (χ4n) is 3.23. The molecule has 0 radical (unpaired) electrons. The lowest BCUT2D eigenvalue weighted by Gasteiger charge is -2.30. The van der Waals surface area contributed by atoms with Crippen molar-refractivity contribution in [2.75, 3.05) is 17.7 Å². The molecule has 3 rings (SSSR count). The summed E-state index contributed by atoms with van der Waals surface area (Å²) >= 11 is 6.22. The molecule has 1 aromatic heterocycles. The summed E-state index contributed by atoms with van der Waals surface area (Å²) in [4.78, 5) is 8.04. The predicted molar refractivity (Wildman–Crippen MR) is 106 cm³/mol. The van der Waals surface area contributed by atoms with E-state index in [9.17, 15) is 15.3 Å². The highest BCUT2D eigenvalue weighted by atomic mass is 35.5. The van der Waals surface area contributed by atoms with Crippen LogP contribution in [-0.2, 0) is 0 Å². The van der Waals surface area contributed by atoms with Gasteiger partial charge in [-0.1, -0.05) is 29.8 Å². The first-order valence-corrected chi connectivity index (χ1v) is 9.05. The smallest absolute Gasteiger partial charge is 0.223 e. The number of hydrogen-bond donors (Lipinski definition) is 5. The van der Waals surface area contributed by atoms with Crippen LogP contribution in [0.25, 0.3) is 12.2 Å². The van der Waals surface area contributed by atoms with Crippen molar-refractivity contribution in [2.24, 2.45) is 5.92 Å². The van der Waals surface area contributed by atoms with E-state index in [1.165, 1.54) is 0 Å². The summed E-state index contributed by atoms with van der Waals surface area (Å²) in [5, 5.41) is 42.4. The summed E-state index contributed by atoms with van der Waals surface area (Å²) in [6.07, 6.45) is 2.83. The van der Waals surface area contributed by atoms with Crippen LogP contribution in [-0.4, -0.2) is 43.7 Å². The van der Waals surface area contributed by atoms with Crippen LogP contribution in [0.5, 0.6) is 0 Å². The van der Waals surface area contributed by atoms with Gasteiger partial charge < -0.3 is 26.4 Å². The van der Waals surface area contributed by atoms with Crippen molar-refractivity contribution in [1.29, 1.82) is 5.26 Å². The second-order valence-electron chi connectivity index (χ2n) is 6.68. The van der Waals surface area contributed by atoms with Crippen LogP contribution in [0, 0.1) is 17.2 Å². The first-order valence-electron chi connectivity index (χ1n) is 8.67. The molecule has 0 unspecified atom stereocenters. The standard InChI is InChI=1S/C19H20ClN5O3/c20-16-14(5-4-11-2-1-3-12(8-11)9-21)17(24-18(22)23-16)25-19(28)7-6-13(10-26)15(19)27/h1-5,8,13,15,26-28H,6-7,10H2,(H3,22,23,24,25)/b5-4+/t13-,15-,19-/m1/s1. The second kappa shape index (κ2) is 8.12. The van der Waals surface area contributed by atoms with Gasteiger partial charge in [0.15, 0.2) is 5.72 Å². The average molecular weight is 402 g/mol. The number of aliphatic hydroxyl groups is 3. The Morgan fingerprint density at radius 2 is 2.18 bits per heavy atom. The van der Waals surface area contributed by atoms with E-state index in [0.29, 0.717) is 17.5 Å². The van der Waals surface area contributed by atoms with E-state index < -0.39 is 17.7 Å². The lowest BCUT2D eigenvalue weighted by molar-refractivity contribution is -0.0545. The van der Waals surface area contributed by atoms with Gasteiger partial charge >= 0.3 is 0 Å². The maximum Gasteiger partial charge on any atom is 0.223 e. The molecule has 3 atom stereocenters. The first kappa shape index (κ1) is 20.0. The van der Waals surface area contributed by atoms with Gasteiger partial charge in [0.1, 0.15) is 17.1 Å². The van der Waals surface area contributed by atoms with Crippen molar-refractivity contribution in [2.45, 2.75) is 24.7 Å². The number of hydrogen-bond acceptors (Lipinski definition) is 8. The Morgan fingerprint density at radius 1 is 1.39 bits per heavy atom. The van der Waals surface area contributed by atoms with Crippen molar-refractivity contribution in [3.63, 3.8) is 0 Å². The Bertz CT molecular complexity index is 946. The van der Waals surface area contributed by atoms with Crippen LogP contribution in [0.4, 0.5) is 11.8 Å². The predicted octanol–water partition coefficient (Wildman–Crippen LogP) is 1.62. The van der Waals surface area contributed by atoms with Crippen molar-refractivity contribution < 1.29 is 15.3 Å². The number of aliphatic hydroxyl groups excluding tert-OH is 2. The number of benzene rings is 1. The molecule has 9 heteroatoms. The van der Waals surface area contributed by atoms with E-state index >= 15 is 0 Å². The Hall–Kier alpha value is -2.70. The number of halogens is 1. The molecule has 28 heavy (non-hydrogen) atoms. The lowest BCUT2D eigenvalue weighted by atomic mass is 10.0. The summed E-state index contributed by atoms with van der Waals surface area (Å²) in [7, 11) is 0. The Labute approximate surface area is 166 Å². The molecule has 1 aliphatic rings. The number of rotatable bonds is 5. The Balaban J connectivity index is 1.94. The summed E-state index contributed by atoms with van der Waals surface area (Å²) < 4.78 is 0. The molecular formula is C19H20ClN5O3. The van der Waals surface area contributed by atoms with Crippen molar-refractivity contribution in [1.82, 2.24) is 9.97 Å². The van der Waals surface area contributed by atoms with Gasteiger partial charge in [-0.05, 0) is 36.6 Å². The number of nitriles is 1. The second-order valence-corrected chi connectivity index (χ2v) is 7.04. The summed E-state index contributed by atoms with van der Waals surface area (Å²) in [5.41, 5.74) is 5.65. The number of nitrogens with two attached hydrogens (primary N) is 1. The maximum absolute atomic E-state index is 10.8. The molecule has 0 bridgehead atoms. The van der Waals surface area contributed by atoms with E-state index in [4.69, 9.17) is 22.6 Å². The van der Waals surface area contributed by atoms with Crippen LogP contribution >= 0.6 is 11.6 Å². The topological polar surface area (TPSA) is 148 Å². The molecule has 6 N–H and O–H groups in total. The highest BCUT2D eigenvalue weighted by Gasteiger charge is 2.47. The van der Waals surface area contributed by atoms with Gasteiger partial charge in [0, 0.05) is 12.5 Å². The third-order valence-corrected chi connectivity index (χ3v) is 5.06.